The molecule has 112 valence electrons. The number of esters is 1. The third-order valence-corrected chi connectivity index (χ3v) is 3.85. The Hall–Kier alpha value is -0.590. The SMILES string of the molecule is CCOC(=O)C(CC)Oc1c(Br)cc(CCN)cc1Br. The summed E-state index contributed by atoms with van der Waals surface area (Å²) in [5.74, 6) is 0.255. The van der Waals surface area contributed by atoms with E-state index < -0.39 is 6.10 Å². The number of ether oxygens (including phenoxy) is 2. The number of carbonyl (C=O) groups excluding carboxylic acids is 1. The van der Waals surface area contributed by atoms with E-state index in [1.54, 1.807) is 6.92 Å². The van der Waals surface area contributed by atoms with E-state index in [0.29, 0.717) is 25.3 Å². The summed E-state index contributed by atoms with van der Waals surface area (Å²) in [4.78, 5) is 11.8. The zero-order chi connectivity index (χ0) is 15.1. The molecule has 0 aromatic heterocycles. The summed E-state index contributed by atoms with van der Waals surface area (Å²) in [6, 6.07) is 3.90. The molecule has 0 amide bonds. The van der Waals surface area contributed by atoms with Gasteiger partial charge in [0.25, 0.3) is 0 Å². The highest BCUT2D eigenvalue weighted by Crippen LogP contribution is 2.36. The number of nitrogens with two attached hydrogens (primary N) is 1. The van der Waals surface area contributed by atoms with E-state index in [0.717, 1.165) is 20.9 Å². The predicted octanol–water partition coefficient (Wildman–Crippen LogP) is 3.43. The highest BCUT2D eigenvalue weighted by atomic mass is 79.9. The Morgan fingerprint density at radius 1 is 1.30 bits per heavy atom. The molecule has 6 heteroatoms. The van der Waals surface area contributed by atoms with E-state index >= 15 is 0 Å². The molecule has 0 spiro atoms. The van der Waals surface area contributed by atoms with Gasteiger partial charge >= 0.3 is 5.97 Å². The Morgan fingerprint density at radius 3 is 2.35 bits per heavy atom. The van der Waals surface area contributed by atoms with E-state index in [4.69, 9.17) is 15.2 Å². The van der Waals surface area contributed by atoms with Gasteiger partial charge in [0.1, 0.15) is 5.75 Å². The van der Waals surface area contributed by atoms with Crippen LogP contribution in [0.15, 0.2) is 21.1 Å². The lowest BCUT2D eigenvalue weighted by molar-refractivity contribution is -0.151. The van der Waals surface area contributed by atoms with E-state index in [2.05, 4.69) is 31.9 Å². The van der Waals surface area contributed by atoms with Crippen LogP contribution >= 0.6 is 31.9 Å². The lowest BCUT2D eigenvalue weighted by Crippen LogP contribution is -2.29. The summed E-state index contributed by atoms with van der Waals surface area (Å²) in [5, 5.41) is 0. The van der Waals surface area contributed by atoms with Gasteiger partial charge in [-0.3, -0.25) is 0 Å². The molecular weight excluding hydrogens is 390 g/mol. The Bertz CT molecular complexity index is 443. The summed E-state index contributed by atoms with van der Waals surface area (Å²) in [6.45, 7) is 4.58. The van der Waals surface area contributed by atoms with Crippen molar-refractivity contribution in [3.63, 3.8) is 0 Å². The molecule has 1 unspecified atom stereocenters. The van der Waals surface area contributed by atoms with E-state index in [-0.39, 0.29) is 5.97 Å². The maximum absolute atomic E-state index is 11.8. The van der Waals surface area contributed by atoms with Crippen LogP contribution < -0.4 is 10.5 Å². The fraction of sp³-hybridized carbons (Fsp3) is 0.500. The van der Waals surface area contributed by atoms with Crippen molar-refractivity contribution >= 4 is 37.8 Å². The summed E-state index contributed by atoms with van der Waals surface area (Å²) < 4.78 is 12.4. The van der Waals surface area contributed by atoms with Gasteiger partial charge in [-0.05, 0) is 75.9 Å². The quantitative estimate of drug-likeness (QED) is 0.702. The second-order valence-electron chi connectivity index (χ2n) is 4.19. The van der Waals surface area contributed by atoms with Gasteiger partial charge in [-0.25, -0.2) is 4.79 Å². The molecule has 2 N–H and O–H groups in total. The van der Waals surface area contributed by atoms with E-state index in [1.165, 1.54) is 0 Å². The minimum atomic E-state index is -0.608. The molecule has 0 aliphatic rings. The molecule has 1 atom stereocenters. The standard InChI is InChI=1S/C14H19Br2NO3/c1-3-12(14(18)19-4-2)20-13-10(15)7-9(5-6-17)8-11(13)16/h7-8,12H,3-6,17H2,1-2H3. The van der Waals surface area contributed by atoms with Crippen LogP contribution in [0.3, 0.4) is 0 Å². The molecule has 0 saturated heterocycles. The minimum Gasteiger partial charge on any atom is -0.476 e. The van der Waals surface area contributed by atoms with Crippen LogP contribution in [-0.4, -0.2) is 25.2 Å². The van der Waals surface area contributed by atoms with Gasteiger partial charge in [-0.2, -0.15) is 0 Å². The van der Waals surface area contributed by atoms with Crippen LogP contribution in [0.2, 0.25) is 0 Å². The number of halogens is 2. The lowest BCUT2D eigenvalue weighted by atomic mass is 10.1. The monoisotopic (exact) mass is 407 g/mol. The van der Waals surface area contributed by atoms with Crippen molar-refractivity contribution in [2.75, 3.05) is 13.2 Å². The van der Waals surface area contributed by atoms with Crippen molar-refractivity contribution in [2.45, 2.75) is 32.8 Å². The largest absolute Gasteiger partial charge is 0.476 e. The summed E-state index contributed by atoms with van der Waals surface area (Å²) in [7, 11) is 0. The van der Waals surface area contributed by atoms with E-state index in [1.807, 2.05) is 19.1 Å². The Balaban J connectivity index is 2.93. The molecule has 0 fully saturated rings. The van der Waals surface area contributed by atoms with Gasteiger partial charge in [0, 0.05) is 0 Å². The third kappa shape index (κ3) is 4.75. The molecule has 0 saturated carbocycles. The van der Waals surface area contributed by atoms with Crippen molar-refractivity contribution in [3.8, 4) is 5.75 Å². The number of hydrogen-bond acceptors (Lipinski definition) is 4. The Kier molecular flexibility index (Phi) is 7.55. The van der Waals surface area contributed by atoms with Gasteiger partial charge in [-0.1, -0.05) is 6.92 Å². The van der Waals surface area contributed by atoms with Crippen LogP contribution in [-0.2, 0) is 16.0 Å². The Morgan fingerprint density at radius 2 is 1.90 bits per heavy atom. The number of hydrogen-bond donors (Lipinski definition) is 1. The maximum atomic E-state index is 11.8. The van der Waals surface area contributed by atoms with Crippen molar-refractivity contribution < 1.29 is 14.3 Å². The molecule has 1 rings (SSSR count). The second-order valence-corrected chi connectivity index (χ2v) is 5.90. The van der Waals surface area contributed by atoms with Crippen LogP contribution in [0.25, 0.3) is 0 Å². The minimum absolute atomic E-state index is 0.344. The van der Waals surface area contributed by atoms with Crippen molar-refractivity contribution in [1.29, 1.82) is 0 Å². The van der Waals surface area contributed by atoms with Gasteiger partial charge in [-0.15, -0.1) is 0 Å². The molecule has 1 aromatic rings. The fourth-order valence-corrected chi connectivity index (χ4v) is 3.18. The lowest BCUT2D eigenvalue weighted by Gasteiger charge is -2.18. The first-order chi connectivity index (χ1) is 9.53. The normalized spacial score (nSPS) is 12.1. The highest BCUT2D eigenvalue weighted by molar-refractivity contribution is 9.11. The van der Waals surface area contributed by atoms with Gasteiger partial charge in [0.15, 0.2) is 6.10 Å². The molecule has 0 bridgehead atoms. The zero-order valence-electron chi connectivity index (χ0n) is 11.6. The van der Waals surface area contributed by atoms with Gasteiger partial charge in [0.05, 0.1) is 15.6 Å². The van der Waals surface area contributed by atoms with Crippen molar-refractivity contribution in [2.24, 2.45) is 5.73 Å². The molecule has 4 nitrogen and oxygen atoms in total. The first kappa shape index (κ1) is 17.5. The average Bonchev–Trinajstić information content (AvgIpc) is 2.38. The molecule has 1 aromatic carbocycles. The first-order valence-corrected chi connectivity index (χ1v) is 8.13. The van der Waals surface area contributed by atoms with E-state index in [9.17, 15) is 4.79 Å². The highest BCUT2D eigenvalue weighted by Gasteiger charge is 2.22. The topological polar surface area (TPSA) is 61.5 Å². The van der Waals surface area contributed by atoms with Crippen LogP contribution in [0.4, 0.5) is 0 Å². The van der Waals surface area contributed by atoms with Gasteiger partial charge < -0.3 is 15.2 Å². The molecular formula is C14H19Br2NO3. The molecule has 0 aliphatic heterocycles. The number of rotatable bonds is 7. The average molecular weight is 409 g/mol. The molecule has 20 heavy (non-hydrogen) atoms. The summed E-state index contributed by atoms with van der Waals surface area (Å²) in [5.41, 5.74) is 6.65. The fourth-order valence-electron chi connectivity index (χ4n) is 1.71. The third-order valence-electron chi connectivity index (χ3n) is 2.67. The number of benzene rings is 1. The molecule has 0 radical (unpaired) electrons. The van der Waals surface area contributed by atoms with Crippen LogP contribution in [0.5, 0.6) is 5.75 Å². The van der Waals surface area contributed by atoms with Crippen molar-refractivity contribution in [1.82, 2.24) is 0 Å². The maximum Gasteiger partial charge on any atom is 0.347 e. The number of carbonyl (C=O) groups is 1. The molecule has 0 aliphatic carbocycles. The van der Waals surface area contributed by atoms with Gasteiger partial charge in [0.2, 0.25) is 0 Å². The first-order valence-electron chi connectivity index (χ1n) is 6.54. The predicted molar refractivity (Wildman–Crippen MR) is 85.9 cm³/mol. The van der Waals surface area contributed by atoms with Crippen molar-refractivity contribution in [3.05, 3.63) is 26.6 Å². The Labute approximate surface area is 136 Å². The summed E-state index contributed by atoms with van der Waals surface area (Å²) in [6.07, 6.45) is 0.720. The van der Waals surface area contributed by atoms with Crippen LogP contribution in [0.1, 0.15) is 25.8 Å². The summed E-state index contributed by atoms with van der Waals surface area (Å²) >= 11 is 6.93. The molecule has 0 heterocycles. The second kappa shape index (κ2) is 8.64. The smallest absolute Gasteiger partial charge is 0.347 e. The zero-order valence-corrected chi connectivity index (χ0v) is 14.8. The van der Waals surface area contributed by atoms with Crippen LogP contribution in [0, 0.1) is 0 Å².